The Morgan fingerprint density at radius 3 is 2.95 bits per heavy atom. The predicted octanol–water partition coefficient (Wildman–Crippen LogP) is 1.23. The van der Waals surface area contributed by atoms with E-state index in [1.54, 1.807) is 0 Å². The topological polar surface area (TPSA) is 87.6 Å². The molecule has 1 aliphatic heterocycles. The number of carboxylic acid groups (broad SMARTS) is 1. The standard InChI is InChI=1S/C12H15FN2O4S2/c1-2-21(18,19)9-7-20-6-5-15(9)11-10(13)8(12(16)17)3-4-14-11/h3-4,9H,2,5-7H2,1H3,(H,16,17). The van der Waals surface area contributed by atoms with Crippen molar-refractivity contribution in [1.29, 1.82) is 0 Å². The van der Waals surface area contributed by atoms with Crippen LogP contribution in [0.1, 0.15) is 17.3 Å². The van der Waals surface area contributed by atoms with Crippen LogP contribution in [0, 0.1) is 5.82 Å². The normalized spacial score (nSPS) is 19.5. The minimum absolute atomic E-state index is 0.0605. The third kappa shape index (κ3) is 3.13. The highest BCUT2D eigenvalue weighted by atomic mass is 32.2. The quantitative estimate of drug-likeness (QED) is 0.886. The average molecular weight is 334 g/mol. The van der Waals surface area contributed by atoms with Crippen LogP contribution in [0.15, 0.2) is 12.3 Å². The van der Waals surface area contributed by atoms with E-state index >= 15 is 0 Å². The van der Waals surface area contributed by atoms with E-state index in [0.29, 0.717) is 18.1 Å². The van der Waals surface area contributed by atoms with Crippen molar-refractivity contribution < 1.29 is 22.7 Å². The highest BCUT2D eigenvalue weighted by Gasteiger charge is 2.35. The maximum atomic E-state index is 14.3. The van der Waals surface area contributed by atoms with E-state index in [1.807, 2.05) is 0 Å². The molecule has 21 heavy (non-hydrogen) atoms. The lowest BCUT2D eigenvalue weighted by Gasteiger charge is -2.35. The van der Waals surface area contributed by atoms with Gasteiger partial charge in [0.1, 0.15) is 10.9 Å². The monoisotopic (exact) mass is 334 g/mol. The van der Waals surface area contributed by atoms with Crippen LogP contribution < -0.4 is 4.90 Å². The second-order valence-electron chi connectivity index (χ2n) is 4.48. The van der Waals surface area contributed by atoms with Gasteiger partial charge in [0.2, 0.25) is 0 Å². The van der Waals surface area contributed by atoms with Crippen LogP contribution >= 0.6 is 11.8 Å². The van der Waals surface area contributed by atoms with Crippen LogP contribution in [-0.4, -0.2) is 53.7 Å². The molecule has 2 rings (SSSR count). The average Bonchev–Trinajstić information content (AvgIpc) is 2.47. The molecule has 0 bridgehead atoms. The fourth-order valence-electron chi connectivity index (χ4n) is 2.11. The first-order chi connectivity index (χ1) is 9.88. The Morgan fingerprint density at radius 1 is 1.62 bits per heavy atom. The summed E-state index contributed by atoms with van der Waals surface area (Å²) >= 11 is 1.47. The molecule has 6 nitrogen and oxygen atoms in total. The molecule has 9 heteroatoms. The highest BCUT2D eigenvalue weighted by molar-refractivity contribution is 8.01. The van der Waals surface area contributed by atoms with E-state index in [9.17, 15) is 17.6 Å². The smallest absolute Gasteiger partial charge is 0.338 e. The van der Waals surface area contributed by atoms with Crippen LogP contribution in [-0.2, 0) is 9.84 Å². The van der Waals surface area contributed by atoms with Gasteiger partial charge >= 0.3 is 5.97 Å². The molecule has 0 aliphatic carbocycles. The summed E-state index contributed by atoms with van der Waals surface area (Å²) in [6.07, 6.45) is 1.18. The van der Waals surface area contributed by atoms with Gasteiger partial charge in [-0.3, -0.25) is 0 Å². The Balaban J connectivity index is 2.48. The van der Waals surface area contributed by atoms with Crippen molar-refractivity contribution in [3.8, 4) is 0 Å². The third-order valence-electron chi connectivity index (χ3n) is 3.27. The molecule has 1 aromatic heterocycles. The number of pyridine rings is 1. The van der Waals surface area contributed by atoms with Crippen molar-refractivity contribution in [1.82, 2.24) is 4.98 Å². The number of aromatic nitrogens is 1. The number of carboxylic acids is 1. The van der Waals surface area contributed by atoms with Gasteiger partial charge in [0.25, 0.3) is 0 Å². The number of anilines is 1. The molecule has 1 aromatic rings. The molecular weight excluding hydrogens is 319 g/mol. The molecule has 1 saturated heterocycles. The zero-order valence-corrected chi connectivity index (χ0v) is 13.0. The second-order valence-corrected chi connectivity index (χ2v) is 8.07. The number of halogens is 1. The van der Waals surface area contributed by atoms with E-state index in [0.717, 1.165) is 6.07 Å². The lowest BCUT2D eigenvalue weighted by molar-refractivity contribution is 0.0691. The van der Waals surface area contributed by atoms with Crippen LogP contribution in [0.3, 0.4) is 0 Å². The second kappa shape index (κ2) is 6.18. The third-order valence-corrected chi connectivity index (χ3v) is 6.56. The number of hydrogen-bond acceptors (Lipinski definition) is 6. The summed E-state index contributed by atoms with van der Waals surface area (Å²) in [5.74, 6) is -1.72. The molecule has 0 radical (unpaired) electrons. The lowest BCUT2D eigenvalue weighted by Crippen LogP contribution is -2.48. The molecule has 116 valence electrons. The molecule has 1 fully saturated rings. The van der Waals surface area contributed by atoms with Crippen LogP contribution in [0.25, 0.3) is 0 Å². The number of hydrogen-bond donors (Lipinski definition) is 1. The fourth-order valence-corrected chi connectivity index (χ4v) is 5.08. The van der Waals surface area contributed by atoms with Gasteiger partial charge in [-0.25, -0.2) is 22.6 Å². The molecule has 1 atom stereocenters. The molecular formula is C12H15FN2O4S2. The number of rotatable bonds is 4. The van der Waals surface area contributed by atoms with Gasteiger partial charge in [-0.15, -0.1) is 0 Å². The summed E-state index contributed by atoms with van der Waals surface area (Å²) in [4.78, 5) is 16.2. The largest absolute Gasteiger partial charge is 0.478 e. The summed E-state index contributed by atoms with van der Waals surface area (Å²) in [6.45, 7) is 1.84. The van der Waals surface area contributed by atoms with Crippen molar-refractivity contribution in [2.45, 2.75) is 12.3 Å². The number of aromatic carboxylic acids is 1. The lowest BCUT2D eigenvalue weighted by atomic mass is 10.2. The minimum Gasteiger partial charge on any atom is -0.478 e. The van der Waals surface area contributed by atoms with Gasteiger partial charge in [-0.05, 0) is 6.07 Å². The molecule has 0 spiro atoms. The van der Waals surface area contributed by atoms with E-state index in [4.69, 9.17) is 5.11 Å². The summed E-state index contributed by atoms with van der Waals surface area (Å²) in [6, 6.07) is 1.06. The van der Waals surface area contributed by atoms with Crippen molar-refractivity contribution in [2.24, 2.45) is 0 Å². The van der Waals surface area contributed by atoms with Gasteiger partial charge in [-0.1, -0.05) is 6.92 Å². The van der Waals surface area contributed by atoms with Gasteiger partial charge in [-0.2, -0.15) is 11.8 Å². The van der Waals surface area contributed by atoms with E-state index < -0.39 is 32.6 Å². The van der Waals surface area contributed by atoms with E-state index in [2.05, 4.69) is 4.98 Å². The highest BCUT2D eigenvalue weighted by Crippen LogP contribution is 2.29. The Kier molecular flexibility index (Phi) is 4.72. The minimum atomic E-state index is -3.42. The van der Waals surface area contributed by atoms with Crippen molar-refractivity contribution >= 4 is 33.4 Å². The molecule has 2 heterocycles. The summed E-state index contributed by atoms with van der Waals surface area (Å²) in [5, 5.41) is 8.07. The van der Waals surface area contributed by atoms with Crippen LogP contribution in [0.4, 0.5) is 10.2 Å². The van der Waals surface area contributed by atoms with E-state index in [-0.39, 0.29) is 11.6 Å². The zero-order valence-electron chi connectivity index (χ0n) is 11.3. The SMILES string of the molecule is CCS(=O)(=O)C1CSCCN1c1nccc(C(=O)O)c1F. The predicted molar refractivity (Wildman–Crippen MR) is 79.1 cm³/mol. The Labute approximate surface area is 126 Å². The first-order valence-electron chi connectivity index (χ1n) is 6.32. The van der Waals surface area contributed by atoms with Gasteiger partial charge in [0, 0.05) is 30.0 Å². The first-order valence-corrected chi connectivity index (χ1v) is 9.19. The Bertz CT molecular complexity index is 651. The summed E-state index contributed by atoms with van der Waals surface area (Å²) < 4.78 is 38.6. The molecule has 0 amide bonds. The van der Waals surface area contributed by atoms with Gasteiger partial charge < -0.3 is 10.0 Å². The van der Waals surface area contributed by atoms with Crippen molar-refractivity contribution in [2.75, 3.05) is 28.7 Å². The summed E-state index contributed by atoms with van der Waals surface area (Å²) in [5.41, 5.74) is -0.508. The van der Waals surface area contributed by atoms with Gasteiger partial charge in [0.15, 0.2) is 21.5 Å². The maximum Gasteiger partial charge on any atom is 0.338 e. The van der Waals surface area contributed by atoms with Gasteiger partial charge in [0.05, 0.1) is 0 Å². The number of carbonyl (C=O) groups is 1. The Morgan fingerprint density at radius 2 is 2.33 bits per heavy atom. The molecule has 1 aliphatic rings. The van der Waals surface area contributed by atoms with E-state index in [1.165, 1.54) is 29.8 Å². The summed E-state index contributed by atoms with van der Waals surface area (Å²) in [7, 11) is -3.42. The number of sulfone groups is 1. The molecule has 1 N–H and O–H groups in total. The van der Waals surface area contributed by atoms with Crippen molar-refractivity contribution in [3.63, 3.8) is 0 Å². The zero-order chi connectivity index (χ0) is 15.6. The molecule has 1 unspecified atom stereocenters. The Hall–Kier alpha value is -1.35. The fraction of sp³-hybridized carbons (Fsp3) is 0.500. The molecule has 0 saturated carbocycles. The van der Waals surface area contributed by atoms with Crippen LogP contribution in [0.5, 0.6) is 0 Å². The maximum absolute atomic E-state index is 14.3. The first kappa shape index (κ1) is 16.0. The number of thioether (sulfide) groups is 1. The molecule has 0 aromatic carbocycles. The van der Waals surface area contributed by atoms with Crippen LogP contribution in [0.2, 0.25) is 0 Å². The van der Waals surface area contributed by atoms with Crippen molar-refractivity contribution in [3.05, 3.63) is 23.6 Å². The number of nitrogens with zero attached hydrogens (tertiary/aromatic N) is 2.